The third-order valence-electron chi connectivity index (χ3n) is 6.98. The maximum atomic E-state index is 14.2. The van der Waals surface area contributed by atoms with E-state index < -0.39 is 27.7 Å². The summed E-state index contributed by atoms with van der Waals surface area (Å²) in [4.78, 5) is 24.6. The smallest absolute Gasteiger partial charge is 0.356 e. The van der Waals surface area contributed by atoms with Crippen molar-refractivity contribution in [2.45, 2.75) is 25.7 Å². The van der Waals surface area contributed by atoms with Crippen LogP contribution >= 0.6 is 0 Å². The van der Waals surface area contributed by atoms with Crippen molar-refractivity contribution in [1.29, 1.82) is 0 Å². The highest BCUT2D eigenvalue weighted by Gasteiger charge is 2.32. The average molecular weight is 609 g/mol. The zero-order valence-corrected chi connectivity index (χ0v) is 24.4. The minimum Gasteiger partial charge on any atom is -0.476 e. The van der Waals surface area contributed by atoms with E-state index in [0.29, 0.717) is 5.69 Å². The van der Waals surface area contributed by atoms with Crippen molar-refractivity contribution < 1.29 is 37.0 Å². The van der Waals surface area contributed by atoms with Crippen LogP contribution in [0.4, 0.5) is 10.1 Å². The predicted octanol–water partition coefficient (Wildman–Crippen LogP) is 4.70. The quantitative estimate of drug-likeness (QED) is 0.293. The lowest BCUT2D eigenvalue weighted by atomic mass is 10.1. The second kappa shape index (κ2) is 12.0. The number of carbonyl (C=O) groups is 2. The number of hydrogen-bond acceptors (Lipinski definition) is 7. The molecule has 1 aromatic heterocycles. The maximum Gasteiger partial charge on any atom is 0.356 e. The van der Waals surface area contributed by atoms with E-state index in [9.17, 15) is 27.5 Å². The Hall–Kier alpha value is -4.59. The number of benzene rings is 3. The predicted molar refractivity (Wildman–Crippen MR) is 155 cm³/mol. The van der Waals surface area contributed by atoms with Crippen LogP contribution in [-0.4, -0.2) is 65.8 Å². The van der Waals surface area contributed by atoms with Gasteiger partial charge in [0, 0.05) is 24.3 Å². The number of amides is 1. The Bertz CT molecular complexity index is 1830. The summed E-state index contributed by atoms with van der Waals surface area (Å²) in [6.07, 6.45) is 0. The fourth-order valence-electron chi connectivity index (χ4n) is 4.66. The molecule has 43 heavy (non-hydrogen) atoms. The van der Waals surface area contributed by atoms with Crippen LogP contribution in [0, 0.1) is 26.6 Å². The zero-order valence-electron chi connectivity index (χ0n) is 23.6. The van der Waals surface area contributed by atoms with Crippen molar-refractivity contribution in [3.63, 3.8) is 0 Å². The summed E-state index contributed by atoms with van der Waals surface area (Å²) in [7, 11) is -4.20. The van der Waals surface area contributed by atoms with Crippen LogP contribution in [0.5, 0.6) is 11.6 Å². The highest BCUT2D eigenvalue weighted by atomic mass is 32.2. The first-order valence-corrected chi connectivity index (χ1v) is 14.8. The number of carboxylic acids is 1. The number of hydrogen-bond donors (Lipinski definition) is 2. The molecule has 0 spiro atoms. The minimum atomic E-state index is -4.20. The second-order valence-electron chi connectivity index (χ2n) is 10.00. The Morgan fingerprint density at radius 2 is 1.74 bits per heavy atom. The molecule has 11 nitrogen and oxygen atoms in total. The summed E-state index contributed by atoms with van der Waals surface area (Å²) >= 11 is 0. The van der Waals surface area contributed by atoms with Crippen molar-refractivity contribution in [2.75, 3.05) is 31.6 Å². The van der Waals surface area contributed by atoms with Gasteiger partial charge in [-0.3, -0.25) is 4.79 Å². The van der Waals surface area contributed by atoms with Crippen molar-refractivity contribution in [2.24, 2.45) is 0 Å². The highest BCUT2D eigenvalue weighted by Crippen LogP contribution is 2.37. The lowest BCUT2D eigenvalue weighted by molar-refractivity contribution is 0.0689. The first-order valence-electron chi connectivity index (χ1n) is 13.3. The molecule has 2 N–H and O–H groups in total. The van der Waals surface area contributed by atoms with Gasteiger partial charge in [-0.05, 0) is 68.3 Å². The molecule has 1 fully saturated rings. The van der Waals surface area contributed by atoms with E-state index >= 15 is 0 Å². The van der Waals surface area contributed by atoms with Gasteiger partial charge >= 0.3 is 5.97 Å². The lowest BCUT2D eigenvalue weighted by Crippen LogP contribution is -2.40. The summed E-state index contributed by atoms with van der Waals surface area (Å²) in [5.41, 5.74) is 2.01. The van der Waals surface area contributed by atoms with Gasteiger partial charge in [0.2, 0.25) is 15.9 Å². The topological polar surface area (TPSA) is 140 Å². The van der Waals surface area contributed by atoms with E-state index in [1.54, 1.807) is 0 Å². The van der Waals surface area contributed by atoms with Crippen LogP contribution in [0.25, 0.3) is 5.69 Å². The van der Waals surface area contributed by atoms with E-state index in [0.717, 1.165) is 17.2 Å². The van der Waals surface area contributed by atoms with E-state index in [4.69, 9.17) is 9.47 Å². The summed E-state index contributed by atoms with van der Waals surface area (Å²) in [6, 6.07) is 15.0. The van der Waals surface area contributed by atoms with Gasteiger partial charge in [0.25, 0.3) is 5.91 Å². The number of carboxylic acid groups (broad SMARTS) is 1. The van der Waals surface area contributed by atoms with Gasteiger partial charge < -0.3 is 19.9 Å². The molecular formula is C30H29FN4O7S. The zero-order chi connectivity index (χ0) is 30.9. The number of rotatable bonds is 8. The Balaban J connectivity index is 1.63. The number of carbonyl (C=O) groups excluding carboxylic acids is 1. The van der Waals surface area contributed by atoms with Gasteiger partial charge in [-0.1, -0.05) is 24.3 Å². The van der Waals surface area contributed by atoms with Gasteiger partial charge in [-0.15, -0.1) is 0 Å². The average Bonchev–Trinajstić information content (AvgIpc) is 3.31. The van der Waals surface area contributed by atoms with Crippen LogP contribution in [0.1, 0.15) is 37.5 Å². The molecule has 0 bridgehead atoms. The number of aromatic carboxylic acids is 1. The number of halogens is 1. The highest BCUT2D eigenvalue weighted by molar-refractivity contribution is 7.89. The number of aryl methyl sites for hydroxylation is 2. The first kappa shape index (κ1) is 29.9. The van der Waals surface area contributed by atoms with E-state index in [-0.39, 0.29) is 65.3 Å². The van der Waals surface area contributed by atoms with Gasteiger partial charge in [-0.25, -0.2) is 17.6 Å². The molecule has 2 heterocycles. The Morgan fingerprint density at radius 3 is 2.44 bits per heavy atom. The molecule has 224 valence electrons. The fourth-order valence-corrected chi connectivity index (χ4v) is 6.21. The molecule has 0 unspecified atom stereocenters. The van der Waals surface area contributed by atoms with Crippen molar-refractivity contribution in [1.82, 2.24) is 14.1 Å². The summed E-state index contributed by atoms with van der Waals surface area (Å²) in [6.45, 7) is 5.80. The SMILES string of the molecule is Cc1ccc(C)c(-n2nc(C(=O)O)c(C)c2Oc2ccc(NC(=O)c3ccccc3F)cc2S(=O)(=O)N2CCOCC2)c1. The Labute approximate surface area is 247 Å². The minimum absolute atomic E-state index is 0.00710. The van der Waals surface area contributed by atoms with Crippen LogP contribution < -0.4 is 10.1 Å². The number of aromatic nitrogens is 2. The lowest BCUT2D eigenvalue weighted by Gasteiger charge is -2.27. The number of morpholine rings is 1. The number of nitrogens with one attached hydrogen (secondary N) is 1. The van der Waals surface area contributed by atoms with Crippen LogP contribution in [0.15, 0.2) is 65.6 Å². The van der Waals surface area contributed by atoms with Crippen LogP contribution in [0.2, 0.25) is 0 Å². The largest absolute Gasteiger partial charge is 0.476 e. The molecule has 3 aromatic carbocycles. The van der Waals surface area contributed by atoms with Crippen molar-refractivity contribution >= 4 is 27.6 Å². The Morgan fingerprint density at radius 1 is 1.02 bits per heavy atom. The molecule has 1 saturated heterocycles. The van der Waals surface area contributed by atoms with Crippen molar-refractivity contribution in [3.8, 4) is 17.3 Å². The third-order valence-corrected chi connectivity index (χ3v) is 8.90. The molecule has 0 radical (unpaired) electrons. The van der Waals surface area contributed by atoms with Crippen LogP contribution in [0.3, 0.4) is 0 Å². The van der Waals surface area contributed by atoms with Crippen LogP contribution in [-0.2, 0) is 14.8 Å². The standard InChI is InChI=1S/C30H29FN4O7S/c1-18-8-9-19(2)24(16-18)35-29(20(3)27(33-35)30(37)38)42-25-11-10-21(32-28(36)22-6-4-5-7-23(22)31)17-26(25)43(39,40)34-12-14-41-15-13-34/h4-11,16-17H,12-15H2,1-3H3,(H,32,36)(H,37,38). The van der Waals surface area contributed by atoms with E-state index in [1.165, 1.54) is 52.3 Å². The normalized spacial score (nSPS) is 14.0. The monoisotopic (exact) mass is 608 g/mol. The number of ether oxygens (including phenoxy) is 2. The Kier molecular flexibility index (Phi) is 8.31. The molecule has 1 aliphatic heterocycles. The molecule has 1 aliphatic rings. The first-order chi connectivity index (χ1) is 20.5. The molecule has 13 heteroatoms. The second-order valence-corrected chi connectivity index (χ2v) is 11.9. The molecule has 4 aromatic rings. The summed E-state index contributed by atoms with van der Waals surface area (Å²) in [5, 5.41) is 16.6. The number of sulfonamides is 1. The fraction of sp³-hybridized carbons (Fsp3) is 0.233. The molecular weight excluding hydrogens is 579 g/mol. The summed E-state index contributed by atoms with van der Waals surface area (Å²) in [5.74, 6) is -2.89. The molecule has 0 aliphatic carbocycles. The third kappa shape index (κ3) is 6.00. The van der Waals surface area contributed by atoms with Gasteiger partial charge in [0.1, 0.15) is 16.5 Å². The van der Waals surface area contributed by atoms with E-state index in [1.807, 2.05) is 32.0 Å². The summed E-state index contributed by atoms with van der Waals surface area (Å²) < 4.78 is 56.2. The van der Waals surface area contributed by atoms with E-state index in [2.05, 4.69) is 10.4 Å². The van der Waals surface area contributed by atoms with Gasteiger partial charge in [0.05, 0.1) is 24.5 Å². The maximum absolute atomic E-state index is 14.2. The number of anilines is 1. The molecule has 0 atom stereocenters. The number of nitrogens with zero attached hydrogens (tertiary/aromatic N) is 3. The molecule has 5 rings (SSSR count). The molecule has 0 saturated carbocycles. The van der Waals surface area contributed by atoms with Gasteiger partial charge in [-0.2, -0.15) is 14.1 Å². The van der Waals surface area contributed by atoms with Crippen molar-refractivity contribution in [3.05, 3.63) is 94.4 Å². The molecule has 1 amide bonds. The van der Waals surface area contributed by atoms with Gasteiger partial charge in [0.15, 0.2) is 5.69 Å².